The maximum Gasteiger partial charge on any atom is 0.186 e. The van der Waals surface area contributed by atoms with E-state index in [1.165, 1.54) is 0 Å². The summed E-state index contributed by atoms with van der Waals surface area (Å²) >= 11 is 0. The first-order valence-corrected chi connectivity index (χ1v) is 13.8. The lowest BCUT2D eigenvalue weighted by Gasteiger charge is -2.49. The molecule has 0 aromatic heterocycles. The molecule has 174 valence electrons. The normalized spacial score (nSPS) is 16.4. The van der Waals surface area contributed by atoms with Gasteiger partial charge in [-0.05, 0) is 60.7 Å². The highest BCUT2D eigenvalue weighted by molar-refractivity contribution is 7.87. The molecule has 0 bridgehead atoms. The van der Waals surface area contributed by atoms with Gasteiger partial charge in [-0.3, -0.25) is 0 Å². The van der Waals surface area contributed by atoms with Crippen molar-refractivity contribution in [2.75, 3.05) is 9.80 Å². The molecule has 0 aliphatic carbocycles. The molecule has 6 nitrogen and oxygen atoms in total. The topological polar surface area (TPSA) is 51.2 Å². The highest BCUT2D eigenvalue weighted by Crippen LogP contribution is 2.70. The zero-order valence-electron chi connectivity index (χ0n) is 19.1. The van der Waals surface area contributed by atoms with Crippen molar-refractivity contribution < 1.29 is 18.8 Å². The van der Waals surface area contributed by atoms with Gasteiger partial charge in [0.2, 0.25) is 0 Å². The van der Waals surface area contributed by atoms with Gasteiger partial charge in [0.15, 0.2) is 30.1 Å². The molecule has 5 aromatic carbocycles. The zero-order valence-corrected chi connectivity index (χ0v) is 20.0. The minimum absolute atomic E-state index is 0.605. The van der Waals surface area contributed by atoms with E-state index < -0.39 is 7.14 Å². The number of ether oxygens (including phenoxy) is 3. The van der Waals surface area contributed by atoms with Crippen LogP contribution >= 0.6 is 7.14 Å². The van der Waals surface area contributed by atoms with Crippen LogP contribution in [0.15, 0.2) is 91.0 Å². The SMILES string of the molecule is O=P12c3c4cccc3N3c5ccccc5Oc5ccc(c1c53)Oc1ccc3c(c12)N4c1ccccc1O3. The highest BCUT2D eigenvalue weighted by atomic mass is 31.2. The summed E-state index contributed by atoms with van der Waals surface area (Å²) in [6.45, 7) is 0. The van der Waals surface area contributed by atoms with E-state index in [0.717, 1.165) is 50.9 Å². The van der Waals surface area contributed by atoms with Crippen molar-refractivity contribution in [2.45, 2.75) is 0 Å². The van der Waals surface area contributed by atoms with Crippen LogP contribution in [-0.2, 0) is 4.57 Å². The zero-order chi connectivity index (χ0) is 24.0. The van der Waals surface area contributed by atoms with Crippen LogP contribution < -0.4 is 39.9 Å². The van der Waals surface area contributed by atoms with Crippen molar-refractivity contribution in [3.63, 3.8) is 0 Å². The van der Waals surface area contributed by atoms with E-state index in [9.17, 15) is 0 Å². The Balaban J connectivity index is 1.43. The monoisotopic (exact) mass is 498 g/mol. The molecule has 0 amide bonds. The summed E-state index contributed by atoms with van der Waals surface area (Å²) in [7, 11) is -3.36. The van der Waals surface area contributed by atoms with Crippen LogP contribution in [0, 0.1) is 0 Å². The molecular weight excluding hydrogens is 483 g/mol. The summed E-state index contributed by atoms with van der Waals surface area (Å²) in [5.41, 5.74) is 5.20. The maximum absolute atomic E-state index is 15.9. The summed E-state index contributed by atoms with van der Waals surface area (Å²) in [5, 5.41) is 2.21. The Labute approximate surface area is 211 Å². The van der Waals surface area contributed by atoms with Gasteiger partial charge < -0.3 is 28.6 Å². The molecule has 0 radical (unpaired) electrons. The summed E-state index contributed by atoms with van der Waals surface area (Å²) in [4.78, 5) is 4.38. The van der Waals surface area contributed by atoms with Gasteiger partial charge >= 0.3 is 0 Å². The number of benzene rings is 5. The average molecular weight is 498 g/mol. The van der Waals surface area contributed by atoms with Gasteiger partial charge in [0.25, 0.3) is 0 Å². The van der Waals surface area contributed by atoms with E-state index >= 15 is 4.57 Å². The van der Waals surface area contributed by atoms with E-state index in [1.807, 2.05) is 78.9 Å². The van der Waals surface area contributed by atoms with Gasteiger partial charge in [-0.25, -0.2) is 0 Å². The van der Waals surface area contributed by atoms with Gasteiger partial charge in [-0.15, -0.1) is 0 Å². The fraction of sp³-hybridized carbons (Fsp3) is 0. The van der Waals surface area contributed by atoms with Crippen molar-refractivity contribution in [1.82, 2.24) is 0 Å². The second kappa shape index (κ2) is 5.83. The molecule has 5 aliphatic rings. The van der Waals surface area contributed by atoms with E-state index in [1.54, 1.807) is 0 Å². The number of hydrogen-bond acceptors (Lipinski definition) is 6. The van der Waals surface area contributed by atoms with E-state index in [2.05, 4.69) is 21.9 Å². The van der Waals surface area contributed by atoms with Gasteiger partial charge in [-0.1, -0.05) is 30.3 Å². The Morgan fingerprint density at radius 1 is 0.432 bits per heavy atom. The lowest BCUT2D eigenvalue weighted by molar-refractivity contribution is 0.461. The quantitative estimate of drug-likeness (QED) is 0.206. The largest absolute Gasteiger partial charge is 0.456 e. The van der Waals surface area contributed by atoms with Gasteiger partial charge in [-0.2, -0.15) is 0 Å². The van der Waals surface area contributed by atoms with Crippen LogP contribution in [0.4, 0.5) is 34.1 Å². The smallest absolute Gasteiger partial charge is 0.186 e. The van der Waals surface area contributed by atoms with Crippen LogP contribution in [0.5, 0.6) is 34.5 Å². The molecule has 0 N–H and O–H groups in total. The third-order valence-corrected chi connectivity index (χ3v) is 11.1. The molecule has 5 aliphatic heterocycles. The Morgan fingerprint density at radius 2 is 0.865 bits per heavy atom. The van der Waals surface area contributed by atoms with Crippen LogP contribution in [0.2, 0.25) is 0 Å². The molecule has 7 heteroatoms. The standard InChI is InChI=1S/C30H15N2O4P/c33-37-28-18-8-5-9-19(28)32-17-7-2-4-11-21(17)35-23-13-15-25(30(37)27(23)32)36-24-14-12-22-26(29(24)37)31(18)16-6-1-3-10-20(16)34-22/h1-15H. The van der Waals surface area contributed by atoms with Gasteiger partial charge in [0, 0.05) is 0 Å². The molecule has 37 heavy (non-hydrogen) atoms. The number of fused-ring (bicyclic) bond motifs is 6. The minimum atomic E-state index is -3.36. The van der Waals surface area contributed by atoms with Crippen molar-refractivity contribution in [2.24, 2.45) is 0 Å². The minimum Gasteiger partial charge on any atom is -0.456 e. The number of nitrogens with zero attached hydrogens (tertiary/aromatic N) is 2. The third-order valence-electron chi connectivity index (χ3n) is 7.89. The summed E-state index contributed by atoms with van der Waals surface area (Å²) in [6.07, 6.45) is 0. The molecular formula is C30H15N2O4P. The van der Waals surface area contributed by atoms with Crippen molar-refractivity contribution in [1.29, 1.82) is 0 Å². The Kier molecular flexibility index (Phi) is 2.93. The fourth-order valence-electron chi connectivity index (χ4n) is 6.55. The van der Waals surface area contributed by atoms with Crippen LogP contribution in [0.1, 0.15) is 0 Å². The van der Waals surface area contributed by atoms with Crippen LogP contribution in [0.25, 0.3) is 0 Å². The molecule has 0 saturated heterocycles. The predicted molar refractivity (Wildman–Crippen MR) is 143 cm³/mol. The second-order valence-electron chi connectivity index (χ2n) is 9.68. The Hall–Kier alpha value is -4.67. The van der Waals surface area contributed by atoms with Gasteiger partial charge in [0.1, 0.15) is 22.9 Å². The second-order valence-corrected chi connectivity index (χ2v) is 12.2. The fourth-order valence-corrected chi connectivity index (χ4v) is 10.1. The molecule has 0 unspecified atom stereocenters. The molecule has 0 fully saturated rings. The first kappa shape index (κ1) is 18.6. The summed E-state index contributed by atoms with van der Waals surface area (Å²) in [6, 6.07) is 29.7. The van der Waals surface area contributed by atoms with Crippen LogP contribution in [-0.4, -0.2) is 0 Å². The molecule has 5 heterocycles. The summed E-state index contributed by atoms with van der Waals surface area (Å²) < 4.78 is 35.1. The lowest BCUT2D eigenvalue weighted by atomic mass is 10.1. The van der Waals surface area contributed by atoms with Crippen molar-refractivity contribution >= 4 is 57.2 Å². The van der Waals surface area contributed by atoms with Gasteiger partial charge in [0.05, 0.1) is 38.7 Å². The molecule has 5 aromatic rings. The maximum atomic E-state index is 15.9. The van der Waals surface area contributed by atoms with Crippen molar-refractivity contribution in [3.8, 4) is 34.5 Å². The molecule has 10 rings (SSSR count). The number of rotatable bonds is 0. The molecule has 0 atom stereocenters. The van der Waals surface area contributed by atoms with E-state index in [4.69, 9.17) is 14.2 Å². The summed E-state index contributed by atoms with van der Waals surface area (Å²) in [5.74, 6) is 4.07. The predicted octanol–water partition coefficient (Wildman–Crippen LogP) is 7.21. The Bertz CT molecular complexity index is 1850. The number of para-hydroxylation sites is 4. The van der Waals surface area contributed by atoms with Crippen molar-refractivity contribution in [3.05, 3.63) is 91.0 Å². The lowest BCUT2D eigenvalue weighted by Crippen LogP contribution is -2.46. The van der Waals surface area contributed by atoms with E-state index in [-0.39, 0.29) is 0 Å². The molecule has 0 spiro atoms. The first-order chi connectivity index (χ1) is 18.2. The number of anilines is 6. The van der Waals surface area contributed by atoms with E-state index in [0.29, 0.717) is 33.6 Å². The molecule has 0 saturated carbocycles. The Morgan fingerprint density at radius 3 is 1.41 bits per heavy atom. The first-order valence-electron chi connectivity index (χ1n) is 12.1. The van der Waals surface area contributed by atoms with Crippen LogP contribution in [0.3, 0.4) is 0 Å². The number of hydrogen-bond donors (Lipinski definition) is 0. The third kappa shape index (κ3) is 1.89. The highest BCUT2D eigenvalue weighted by Gasteiger charge is 2.56. The average Bonchev–Trinajstić information content (AvgIpc) is 2.93.